The average molecular weight is 421 g/mol. The van der Waals surface area contributed by atoms with Crippen LogP contribution in [0.5, 0.6) is 0 Å². The number of thiophene rings is 1. The first-order valence-electron chi connectivity index (χ1n) is 9.68. The smallest absolute Gasteiger partial charge is 0.373 e. The molecule has 154 valence electrons. The summed E-state index contributed by atoms with van der Waals surface area (Å²) in [7, 11) is 0. The van der Waals surface area contributed by atoms with E-state index in [1.54, 1.807) is 6.07 Å². The Balaban J connectivity index is 1.44. The number of nitrogens with zero attached hydrogens (tertiary/aromatic N) is 3. The summed E-state index contributed by atoms with van der Waals surface area (Å²) in [4.78, 5) is 11.6. The van der Waals surface area contributed by atoms with E-state index >= 15 is 0 Å². The molecule has 0 saturated carbocycles. The number of fused-ring (bicyclic) bond motifs is 1. The Hall–Kier alpha value is -2.19. The first-order valence-corrected chi connectivity index (χ1v) is 10.5. The molecule has 0 radical (unpaired) electrons. The number of halogens is 3. The van der Waals surface area contributed by atoms with Gasteiger partial charge in [-0.15, -0.1) is 11.3 Å². The van der Waals surface area contributed by atoms with Crippen LogP contribution >= 0.6 is 11.3 Å². The van der Waals surface area contributed by atoms with Crippen LogP contribution in [0.15, 0.2) is 42.7 Å². The number of rotatable bonds is 5. The van der Waals surface area contributed by atoms with Crippen LogP contribution in [0, 0.1) is 0 Å². The largest absolute Gasteiger partial charge is 0.393 e. The second-order valence-corrected chi connectivity index (χ2v) is 8.37. The normalized spacial score (nSPS) is 18.2. The topological polar surface area (TPSA) is 38.2 Å². The molecule has 0 aliphatic carbocycles. The summed E-state index contributed by atoms with van der Waals surface area (Å²) in [5.74, 6) is 0.725. The predicted octanol–water partition coefficient (Wildman–Crippen LogP) is 5.37. The summed E-state index contributed by atoms with van der Waals surface area (Å²) in [6.07, 6.45) is -0.771. The number of benzene rings is 1. The lowest BCUT2D eigenvalue weighted by molar-refractivity contribution is -0.126. The van der Waals surface area contributed by atoms with Crippen molar-refractivity contribution in [3.05, 3.63) is 53.2 Å². The zero-order chi connectivity index (χ0) is 20.3. The van der Waals surface area contributed by atoms with Gasteiger partial charge in [0.2, 0.25) is 0 Å². The molecular weight excluding hydrogens is 399 g/mol. The van der Waals surface area contributed by atoms with E-state index in [1.165, 1.54) is 6.33 Å². The fourth-order valence-corrected chi connectivity index (χ4v) is 4.68. The Morgan fingerprint density at radius 1 is 1.10 bits per heavy atom. The first-order chi connectivity index (χ1) is 14.0. The predicted molar refractivity (Wildman–Crippen MR) is 108 cm³/mol. The van der Waals surface area contributed by atoms with E-state index in [4.69, 9.17) is 4.74 Å². The van der Waals surface area contributed by atoms with E-state index in [2.05, 4.69) is 27.0 Å². The number of hydrogen-bond donors (Lipinski definition) is 0. The van der Waals surface area contributed by atoms with Crippen molar-refractivity contribution in [1.29, 1.82) is 0 Å². The van der Waals surface area contributed by atoms with Gasteiger partial charge in [0.1, 0.15) is 17.0 Å². The molecule has 8 heteroatoms. The number of anilines is 1. The van der Waals surface area contributed by atoms with Crippen molar-refractivity contribution in [3.8, 4) is 0 Å². The highest BCUT2D eigenvalue weighted by atomic mass is 32.1. The lowest BCUT2D eigenvalue weighted by Gasteiger charge is -2.22. The average Bonchev–Trinajstić information content (AvgIpc) is 2.94. The fourth-order valence-electron chi connectivity index (χ4n) is 3.66. The highest BCUT2D eigenvalue weighted by Gasteiger charge is 2.29. The standard InChI is InChI=1S/C21H22F3N3OS/c22-21(23,24)12-17-11-18-19(25-14-26-20(18)29-17)27-9-4-7-16(8-10-27)28-13-15-5-2-1-3-6-15/h1-3,5-6,11,14,16H,4,7-10,12-13H2. The molecule has 4 rings (SSSR count). The molecule has 0 amide bonds. The summed E-state index contributed by atoms with van der Waals surface area (Å²) in [6, 6.07) is 11.7. The molecule has 1 aliphatic heterocycles. The van der Waals surface area contributed by atoms with Gasteiger partial charge in [0.15, 0.2) is 0 Å². The Labute approximate surface area is 171 Å². The molecule has 2 aromatic heterocycles. The van der Waals surface area contributed by atoms with Gasteiger partial charge in [0.05, 0.1) is 24.5 Å². The van der Waals surface area contributed by atoms with E-state index in [9.17, 15) is 13.2 Å². The van der Waals surface area contributed by atoms with Gasteiger partial charge < -0.3 is 9.64 Å². The minimum atomic E-state index is -4.22. The summed E-state index contributed by atoms with van der Waals surface area (Å²) in [6.45, 7) is 2.16. The van der Waals surface area contributed by atoms with Crippen molar-refractivity contribution < 1.29 is 17.9 Å². The molecular formula is C21H22F3N3OS. The molecule has 3 aromatic rings. The van der Waals surface area contributed by atoms with Crippen molar-refractivity contribution in [3.63, 3.8) is 0 Å². The molecule has 0 N–H and O–H groups in total. The van der Waals surface area contributed by atoms with Crippen LogP contribution < -0.4 is 4.90 Å². The quantitative estimate of drug-likeness (QED) is 0.555. The summed E-state index contributed by atoms with van der Waals surface area (Å²) in [5, 5.41) is 0.709. The van der Waals surface area contributed by atoms with Crippen molar-refractivity contribution in [2.24, 2.45) is 0 Å². The summed E-state index contributed by atoms with van der Waals surface area (Å²) >= 11 is 1.09. The molecule has 1 aromatic carbocycles. The van der Waals surface area contributed by atoms with Crippen LogP contribution in [0.2, 0.25) is 0 Å². The van der Waals surface area contributed by atoms with Crippen LogP contribution in [0.1, 0.15) is 29.7 Å². The van der Waals surface area contributed by atoms with Gasteiger partial charge >= 0.3 is 6.18 Å². The van der Waals surface area contributed by atoms with E-state index < -0.39 is 12.6 Å². The second-order valence-electron chi connectivity index (χ2n) is 7.26. The van der Waals surface area contributed by atoms with Gasteiger partial charge in [-0.25, -0.2) is 9.97 Å². The molecule has 3 heterocycles. The van der Waals surface area contributed by atoms with Crippen molar-refractivity contribution in [2.45, 2.75) is 44.6 Å². The molecule has 1 aliphatic rings. The van der Waals surface area contributed by atoms with Gasteiger partial charge in [0.25, 0.3) is 0 Å². The lowest BCUT2D eigenvalue weighted by Crippen LogP contribution is -2.26. The number of ether oxygens (including phenoxy) is 1. The number of alkyl halides is 3. The third kappa shape index (κ3) is 5.25. The molecule has 4 nitrogen and oxygen atoms in total. The van der Waals surface area contributed by atoms with E-state index in [1.807, 2.05) is 18.2 Å². The number of hydrogen-bond acceptors (Lipinski definition) is 5. The number of aromatic nitrogens is 2. The zero-order valence-corrected chi connectivity index (χ0v) is 16.7. The van der Waals surface area contributed by atoms with E-state index in [0.29, 0.717) is 16.8 Å². The Morgan fingerprint density at radius 3 is 2.72 bits per heavy atom. The third-order valence-corrected chi connectivity index (χ3v) is 6.08. The molecule has 1 atom stereocenters. The van der Waals surface area contributed by atoms with Crippen molar-refractivity contribution in [1.82, 2.24) is 9.97 Å². The molecule has 0 bridgehead atoms. The van der Waals surface area contributed by atoms with Gasteiger partial charge in [0, 0.05) is 18.0 Å². The minimum Gasteiger partial charge on any atom is -0.373 e. The zero-order valence-electron chi connectivity index (χ0n) is 15.9. The van der Waals surface area contributed by atoms with Gasteiger partial charge in [-0.05, 0) is 30.9 Å². The van der Waals surface area contributed by atoms with Crippen molar-refractivity contribution in [2.75, 3.05) is 18.0 Å². The van der Waals surface area contributed by atoms with Gasteiger partial charge in [-0.2, -0.15) is 13.2 Å². The molecule has 0 spiro atoms. The highest BCUT2D eigenvalue weighted by Crippen LogP contribution is 2.34. The van der Waals surface area contributed by atoms with E-state index in [0.717, 1.165) is 55.1 Å². The Kier molecular flexibility index (Phi) is 6.01. The lowest BCUT2D eigenvalue weighted by atomic mass is 10.1. The highest BCUT2D eigenvalue weighted by molar-refractivity contribution is 7.18. The summed E-state index contributed by atoms with van der Waals surface area (Å²) < 4.78 is 44.4. The Bertz CT molecular complexity index is 945. The SMILES string of the molecule is FC(F)(F)Cc1cc2c(N3CCCC(OCc4ccccc4)CC3)ncnc2s1. The third-order valence-electron chi connectivity index (χ3n) is 5.04. The molecule has 1 fully saturated rings. The second kappa shape index (κ2) is 8.67. The monoisotopic (exact) mass is 421 g/mol. The van der Waals surface area contributed by atoms with Crippen LogP contribution in [0.3, 0.4) is 0 Å². The first kappa shape index (κ1) is 20.1. The minimum absolute atomic E-state index is 0.167. The Morgan fingerprint density at radius 2 is 1.93 bits per heavy atom. The van der Waals surface area contributed by atoms with E-state index in [-0.39, 0.29) is 11.0 Å². The summed E-state index contributed by atoms with van der Waals surface area (Å²) in [5.41, 5.74) is 1.15. The van der Waals surface area contributed by atoms with Crippen LogP contribution in [0.4, 0.5) is 19.0 Å². The van der Waals surface area contributed by atoms with Crippen molar-refractivity contribution >= 4 is 27.4 Å². The maximum atomic E-state index is 12.8. The fraction of sp³-hybridized carbons (Fsp3) is 0.429. The molecule has 1 unspecified atom stereocenters. The van der Waals surface area contributed by atoms with Crippen LogP contribution in [-0.2, 0) is 17.8 Å². The van der Waals surface area contributed by atoms with Crippen LogP contribution in [-0.4, -0.2) is 35.3 Å². The van der Waals surface area contributed by atoms with Gasteiger partial charge in [-0.1, -0.05) is 30.3 Å². The maximum absolute atomic E-state index is 12.8. The molecule has 29 heavy (non-hydrogen) atoms. The molecule has 1 saturated heterocycles. The maximum Gasteiger partial charge on any atom is 0.393 e. The van der Waals surface area contributed by atoms with Gasteiger partial charge in [-0.3, -0.25) is 0 Å². The van der Waals surface area contributed by atoms with Crippen LogP contribution in [0.25, 0.3) is 10.2 Å².